The highest BCUT2D eigenvalue weighted by Gasteiger charge is 2.24. The number of ketones is 1. The molecular weight excluding hydrogens is 228 g/mol. The van der Waals surface area contributed by atoms with E-state index in [1.165, 1.54) is 0 Å². The molecule has 1 aliphatic heterocycles. The number of carbonyl (C=O) groups is 2. The van der Waals surface area contributed by atoms with Gasteiger partial charge < -0.3 is 10.6 Å². The highest BCUT2D eigenvalue weighted by Crippen LogP contribution is 2.24. The Morgan fingerprint density at radius 1 is 1.39 bits per heavy atom. The van der Waals surface area contributed by atoms with Crippen LogP contribution in [0.25, 0.3) is 0 Å². The van der Waals surface area contributed by atoms with Gasteiger partial charge in [-0.05, 0) is 36.7 Å². The molecule has 2 rings (SSSR count). The van der Waals surface area contributed by atoms with E-state index in [9.17, 15) is 9.59 Å². The Bertz CT molecular complexity index is 495. The molecule has 1 unspecified atom stereocenters. The van der Waals surface area contributed by atoms with E-state index in [1.807, 2.05) is 19.9 Å². The standard InChI is InChI=1S/C14H18N2O2/c1-8(2)13(15-3)14(18)9-4-5-11-10(6-9)7-12(17)16-11/h4-6,8,13,15H,7H2,1-3H3,(H,16,17). The second kappa shape index (κ2) is 4.90. The lowest BCUT2D eigenvalue weighted by molar-refractivity contribution is -0.115. The van der Waals surface area contributed by atoms with Gasteiger partial charge in [0.15, 0.2) is 5.78 Å². The van der Waals surface area contributed by atoms with Crippen molar-refractivity contribution in [1.29, 1.82) is 0 Å². The van der Waals surface area contributed by atoms with Gasteiger partial charge in [-0.25, -0.2) is 0 Å². The van der Waals surface area contributed by atoms with Crippen molar-refractivity contribution in [3.05, 3.63) is 29.3 Å². The molecule has 0 fully saturated rings. The molecule has 1 amide bonds. The molecule has 4 heteroatoms. The van der Waals surface area contributed by atoms with Crippen LogP contribution in [0.3, 0.4) is 0 Å². The molecule has 0 radical (unpaired) electrons. The van der Waals surface area contributed by atoms with Gasteiger partial charge in [0.25, 0.3) is 0 Å². The summed E-state index contributed by atoms with van der Waals surface area (Å²) in [6.07, 6.45) is 0.363. The third-order valence-electron chi connectivity index (χ3n) is 3.27. The van der Waals surface area contributed by atoms with Crippen LogP contribution in [0.15, 0.2) is 18.2 Å². The van der Waals surface area contributed by atoms with E-state index in [0.29, 0.717) is 12.0 Å². The Hall–Kier alpha value is -1.68. The molecule has 4 nitrogen and oxygen atoms in total. The number of hydrogen-bond acceptors (Lipinski definition) is 3. The average Bonchev–Trinajstić information content (AvgIpc) is 2.68. The summed E-state index contributed by atoms with van der Waals surface area (Å²) in [5.41, 5.74) is 2.39. The van der Waals surface area contributed by atoms with E-state index in [4.69, 9.17) is 0 Å². The number of anilines is 1. The van der Waals surface area contributed by atoms with Crippen LogP contribution >= 0.6 is 0 Å². The second-order valence-corrected chi connectivity index (χ2v) is 4.97. The van der Waals surface area contributed by atoms with Crippen LogP contribution in [-0.2, 0) is 11.2 Å². The van der Waals surface area contributed by atoms with Gasteiger partial charge in [-0.3, -0.25) is 9.59 Å². The SMILES string of the molecule is CNC(C(=O)c1ccc2c(c1)CC(=O)N2)C(C)C. The van der Waals surface area contributed by atoms with Crippen molar-refractivity contribution in [3.63, 3.8) is 0 Å². The maximum absolute atomic E-state index is 12.3. The van der Waals surface area contributed by atoms with E-state index in [0.717, 1.165) is 11.3 Å². The van der Waals surface area contributed by atoms with Crippen molar-refractivity contribution in [1.82, 2.24) is 5.32 Å². The van der Waals surface area contributed by atoms with Crippen LogP contribution in [0, 0.1) is 5.92 Å². The summed E-state index contributed by atoms with van der Waals surface area (Å²) in [6.45, 7) is 4.02. The number of nitrogens with one attached hydrogen (secondary N) is 2. The normalized spacial score (nSPS) is 15.4. The average molecular weight is 246 g/mol. The van der Waals surface area contributed by atoms with Gasteiger partial charge in [-0.2, -0.15) is 0 Å². The van der Waals surface area contributed by atoms with Crippen molar-refractivity contribution in [2.24, 2.45) is 5.92 Å². The first-order chi connectivity index (χ1) is 8.52. The fourth-order valence-electron chi connectivity index (χ4n) is 2.33. The maximum Gasteiger partial charge on any atom is 0.228 e. The Morgan fingerprint density at radius 2 is 2.11 bits per heavy atom. The fourth-order valence-corrected chi connectivity index (χ4v) is 2.33. The Kier molecular flexibility index (Phi) is 3.48. The van der Waals surface area contributed by atoms with Crippen LogP contribution < -0.4 is 10.6 Å². The minimum atomic E-state index is -0.187. The number of likely N-dealkylation sites (N-methyl/N-ethyl adjacent to an activating group) is 1. The fraction of sp³-hybridized carbons (Fsp3) is 0.429. The van der Waals surface area contributed by atoms with Gasteiger partial charge in [0, 0.05) is 11.3 Å². The van der Waals surface area contributed by atoms with Gasteiger partial charge in [0.2, 0.25) is 5.91 Å². The van der Waals surface area contributed by atoms with E-state index in [-0.39, 0.29) is 23.7 Å². The number of fused-ring (bicyclic) bond motifs is 1. The van der Waals surface area contributed by atoms with Crippen LogP contribution in [-0.4, -0.2) is 24.8 Å². The molecule has 0 spiro atoms. The molecule has 1 aromatic carbocycles. The van der Waals surface area contributed by atoms with Crippen molar-refractivity contribution < 1.29 is 9.59 Å². The number of rotatable bonds is 4. The lowest BCUT2D eigenvalue weighted by Crippen LogP contribution is -2.38. The van der Waals surface area contributed by atoms with E-state index < -0.39 is 0 Å². The molecule has 2 N–H and O–H groups in total. The van der Waals surface area contributed by atoms with Gasteiger partial charge in [-0.15, -0.1) is 0 Å². The highest BCUT2D eigenvalue weighted by molar-refractivity contribution is 6.04. The summed E-state index contributed by atoms with van der Waals surface area (Å²) >= 11 is 0. The lowest BCUT2D eigenvalue weighted by atomic mass is 9.94. The Morgan fingerprint density at radius 3 is 2.72 bits per heavy atom. The second-order valence-electron chi connectivity index (χ2n) is 4.97. The lowest BCUT2D eigenvalue weighted by Gasteiger charge is -2.19. The number of amides is 1. The van der Waals surface area contributed by atoms with E-state index in [1.54, 1.807) is 19.2 Å². The quantitative estimate of drug-likeness (QED) is 0.793. The summed E-state index contributed by atoms with van der Waals surface area (Å²) in [7, 11) is 1.79. The highest BCUT2D eigenvalue weighted by atomic mass is 16.2. The Balaban J connectivity index is 2.27. The van der Waals surface area contributed by atoms with E-state index >= 15 is 0 Å². The Labute approximate surface area is 107 Å². The topological polar surface area (TPSA) is 58.2 Å². The summed E-state index contributed by atoms with van der Waals surface area (Å²) in [6, 6.07) is 5.22. The molecule has 1 aliphatic rings. The molecule has 0 saturated carbocycles. The molecule has 96 valence electrons. The van der Waals surface area contributed by atoms with Crippen molar-refractivity contribution in [2.75, 3.05) is 12.4 Å². The minimum absolute atomic E-state index is 0.0105. The van der Waals surface area contributed by atoms with Crippen LogP contribution in [0.2, 0.25) is 0 Å². The first-order valence-electron chi connectivity index (χ1n) is 6.17. The monoisotopic (exact) mass is 246 g/mol. The summed E-state index contributed by atoms with van der Waals surface area (Å²) < 4.78 is 0. The summed E-state index contributed by atoms with van der Waals surface area (Å²) in [4.78, 5) is 23.6. The van der Waals surface area contributed by atoms with Crippen molar-refractivity contribution >= 4 is 17.4 Å². The smallest absolute Gasteiger partial charge is 0.228 e. The molecule has 1 atom stereocenters. The number of hydrogen-bond donors (Lipinski definition) is 2. The van der Waals surface area contributed by atoms with E-state index in [2.05, 4.69) is 10.6 Å². The van der Waals surface area contributed by atoms with Gasteiger partial charge in [0.05, 0.1) is 12.5 Å². The molecule has 1 aromatic rings. The van der Waals surface area contributed by atoms with Gasteiger partial charge >= 0.3 is 0 Å². The minimum Gasteiger partial charge on any atom is -0.326 e. The summed E-state index contributed by atoms with van der Waals surface area (Å²) in [5, 5.41) is 5.81. The van der Waals surface area contributed by atoms with Crippen molar-refractivity contribution in [3.8, 4) is 0 Å². The third kappa shape index (κ3) is 2.29. The summed E-state index contributed by atoms with van der Waals surface area (Å²) in [5.74, 6) is 0.300. The molecule has 0 saturated heterocycles. The molecular formula is C14H18N2O2. The first kappa shape index (κ1) is 12.8. The van der Waals surface area contributed by atoms with Crippen LogP contribution in [0.1, 0.15) is 29.8 Å². The molecule has 0 aromatic heterocycles. The first-order valence-corrected chi connectivity index (χ1v) is 6.17. The number of benzene rings is 1. The maximum atomic E-state index is 12.3. The predicted octanol–water partition coefficient (Wildman–Crippen LogP) is 1.61. The zero-order valence-electron chi connectivity index (χ0n) is 10.9. The third-order valence-corrected chi connectivity index (χ3v) is 3.27. The largest absolute Gasteiger partial charge is 0.326 e. The van der Waals surface area contributed by atoms with Gasteiger partial charge in [0.1, 0.15) is 0 Å². The predicted molar refractivity (Wildman–Crippen MR) is 70.8 cm³/mol. The zero-order chi connectivity index (χ0) is 13.3. The molecule has 0 aliphatic carbocycles. The van der Waals surface area contributed by atoms with Crippen LogP contribution in [0.4, 0.5) is 5.69 Å². The number of carbonyl (C=O) groups excluding carboxylic acids is 2. The van der Waals surface area contributed by atoms with Crippen LogP contribution in [0.5, 0.6) is 0 Å². The zero-order valence-corrected chi connectivity index (χ0v) is 10.9. The molecule has 1 heterocycles. The van der Waals surface area contributed by atoms with Gasteiger partial charge in [-0.1, -0.05) is 13.8 Å². The molecule has 18 heavy (non-hydrogen) atoms. The molecule has 0 bridgehead atoms. The number of Topliss-reactive ketones (excluding diaryl/α,β-unsaturated/α-hetero) is 1. The van der Waals surface area contributed by atoms with Crippen molar-refractivity contribution in [2.45, 2.75) is 26.3 Å².